The Morgan fingerprint density at radius 2 is 2.05 bits per heavy atom. The third-order valence-corrected chi connectivity index (χ3v) is 3.12. The van der Waals surface area contributed by atoms with Crippen LogP contribution in [0.5, 0.6) is 0 Å². The summed E-state index contributed by atoms with van der Waals surface area (Å²) in [6.45, 7) is 2.04. The molecule has 1 aromatic rings. The van der Waals surface area contributed by atoms with Crippen LogP contribution in [0, 0.1) is 0 Å². The first-order chi connectivity index (χ1) is 9.20. The van der Waals surface area contributed by atoms with Crippen molar-refractivity contribution >= 4 is 11.6 Å². The third-order valence-electron chi connectivity index (χ3n) is 3.12. The van der Waals surface area contributed by atoms with Crippen molar-refractivity contribution in [2.75, 3.05) is 12.4 Å². The maximum Gasteiger partial charge on any atom is 0.251 e. The normalized spacial score (nSPS) is 22.5. The van der Waals surface area contributed by atoms with E-state index in [0.29, 0.717) is 6.42 Å². The van der Waals surface area contributed by atoms with Gasteiger partial charge in [-0.25, -0.2) is 5.43 Å². The Hall–Kier alpha value is -1.85. The molecule has 2 rings (SSSR count). The molecule has 0 fully saturated rings. The van der Waals surface area contributed by atoms with Crippen LogP contribution in [0.3, 0.4) is 0 Å². The van der Waals surface area contributed by atoms with E-state index in [1.165, 1.54) is 0 Å². The second-order valence-corrected chi connectivity index (χ2v) is 4.57. The van der Waals surface area contributed by atoms with E-state index in [1.807, 2.05) is 37.3 Å². The van der Waals surface area contributed by atoms with Crippen LogP contribution in [0.1, 0.15) is 13.3 Å². The number of para-hydroxylation sites is 1. The average molecular weight is 260 g/mol. The highest BCUT2D eigenvalue weighted by Gasteiger charge is 2.25. The highest BCUT2D eigenvalue weighted by molar-refractivity contribution is 5.81. The minimum absolute atomic E-state index is 0.0376. The summed E-state index contributed by atoms with van der Waals surface area (Å²) in [4.78, 5) is 11.7. The smallest absolute Gasteiger partial charge is 0.251 e. The number of amides is 1. The molecule has 0 aromatic heterocycles. The minimum atomic E-state index is -0.191. The number of carbonyl (C=O) groups is 1. The molecule has 0 bridgehead atoms. The SMILES string of the molecule is CNNC(=O)C1CC=C(Nc2ccccc2)C(C)N1. The Labute approximate surface area is 113 Å². The number of hydrogen-bond donors (Lipinski definition) is 4. The Morgan fingerprint density at radius 3 is 2.68 bits per heavy atom. The van der Waals surface area contributed by atoms with Gasteiger partial charge in [0.1, 0.15) is 0 Å². The summed E-state index contributed by atoms with van der Waals surface area (Å²) in [5.41, 5.74) is 7.41. The Morgan fingerprint density at radius 1 is 1.32 bits per heavy atom. The largest absolute Gasteiger partial charge is 0.358 e. The number of benzene rings is 1. The monoisotopic (exact) mass is 260 g/mol. The van der Waals surface area contributed by atoms with Crippen molar-refractivity contribution in [3.05, 3.63) is 42.1 Å². The number of anilines is 1. The molecule has 0 aliphatic carbocycles. The van der Waals surface area contributed by atoms with Gasteiger partial charge >= 0.3 is 0 Å². The van der Waals surface area contributed by atoms with Crippen molar-refractivity contribution < 1.29 is 4.79 Å². The van der Waals surface area contributed by atoms with Crippen LogP contribution < -0.4 is 21.5 Å². The van der Waals surface area contributed by atoms with Crippen LogP contribution in [-0.4, -0.2) is 25.0 Å². The first-order valence-corrected chi connectivity index (χ1v) is 6.45. The minimum Gasteiger partial charge on any atom is -0.358 e. The van der Waals surface area contributed by atoms with Gasteiger partial charge in [0.05, 0.1) is 6.04 Å². The Kier molecular flexibility index (Phi) is 4.54. The number of hydrogen-bond acceptors (Lipinski definition) is 4. The average Bonchev–Trinajstić information content (AvgIpc) is 2.42. The number of carbonyl (C=O) groups excluding carboxylic acids is 1. The molecule has 1 aromatic carbocycles. The summed E-state index contributed by atoms with van der Waals surface area (Å²) in [6, 6.07) is 9.94. The topological polar surface area (TPSA) is 65.2 Å². The second-order valence-electron chi connectivity index (χ2n) is 4.57. The van der Waals surface area contributed by atoms with Crippen molar-refractivity contribution in [2.24, 2.45) is 0 Å². The molecule has 1 heterocycles. The second kappa shape index (κ2) is 6.36. The van der Waals surface area contributed by atoms with Crippen LogP contribution in [0.15, 0.2) is 42.1 Å². The van der Waals surface area contributed by atoms with Crippen LogP contribution in [0.25, 0.3) is 0 Å². The lowest BCUT2D eigenvalue weighted by atomic mass is 10.0. The molecule has 5 nitrogen and oxygen atoms in total. The summed E-state index contributed by atoms with van der Waals surface area (Å²) in [7, 11) is 1.68. The van der Waals surface area contributed by atoms with E-state index >= 15 is 0 Å². The molecule has 2 unspecified atom stereocenters. The van der Waals surface area contributed by atoms with Crippen LogP contribution in [0.4, 0.5) is 5.69 Å². The molecule has 2 atom stereocenters. The zero-order valence-electron chi connectivity index (χ0n) is 11.2. The van der Waals surface area contributed by atoms with E-state index in [9.17, 15) is 4.79 Å². The fraction of sp³-hybridized carbons (Fsp3) is 0.357. The van der Waals surface area contributed by atoms with Crippen LogP contribution >= 0.6 is 0 Å². The van der Waals surface area contributed by atoms with Gasteiger partial charge in [-0.1, -0.05) is 24.3 Å². The molecule has 0 radical (unpaired) electrons. The van der Waals surface area contributed by atoms with Crippen molar-refractivity contribution in [3.8, 4) is 0 Å². The highest BCUT2D eigenvalue weighted by Crippen LogP contribution is 2.17. The summed E-state index contributed by atoms with van der Waals surface area (Å²) >= 11 is 0. The van der Waals surface area contributed by atoms with E-state index in [1.54, 1.807) is 7.05 Å². The van der Waals surface area contributed by atoms with Gasteiger partial charge in [-0.15, -0.1) is 0 Å². The van der Waals surface area contributed by atoms with Gasteiger partial charge in [-0.3, -0.25) is 15.5 Å². The van der Waals surface area contributed by atoms with Crippen molar-refractivity contribution in [1.29, 1.82) is 0 Å². The Bertz CT molecular complexity index is 458. The number of nitrogens with one attached hydrogen (secondary N) is 4. The summed E-state index contributed by atoms with van der Waals surface area (Å²) in [5.74, 6) is -0.0376. The molecule has 4 N–H and O–H groups in total. The van der Waals surface area contributed by atoms with E-state index in [-0.39, 0.29) is 18.0 Å². The van der Waals surface area contributed by atoms with E-state index < -0.39 is 0 Å². The molecule has 0 saturated carbocycles. The zero-order chi connectivity index (χ0) is 13.7. The highest BCUT2D eigenvalue weighted by atomic mass is 16.2. The first kappa shape index (κ1) is 13.6. The number of rotatable bonds is 4. The van der Waals surface area contributed by atoms with E-state index in [4.69, 9.17) is 0 Å². The van der Waals surface area contributed by atoms with Gasteiger partial charge in [0.15, 0.2) is 0 Å². The fourth-order valence-electron chi connectivity index (χ4n) is 2.12. The van der Waals surface area contributed by atoms with Gasteiger partial charge in [-0.2, -0.15) is 0 Å². The standard InChI is InChI=1S/C14H20N4O/c1-10-12(17-11-6-4-3-5-7-11)8-9-13(16-10)14(19)18-15-2/h3-8,10,13,15-17H,9H2,1-2H3,(H,18,19). The predicted molar refractivity (Wildman–Crippen MR) is 76.4 cm³/mol. The molecule has 1 aliphatic heterocycles. The Balaban J connectivity index is 1.99. The summed E-state index contributed by atoms with van der Waals surface area (Å²) in [5, 5.41) is 6.66. The first-order valence-electron chi connectivity index (χ1n) is 6.45. The lowest BCUT2D eigenvalue weighted by Crippen LogP contribution is -2.53. The van der Waals surface area contributed by atoms with E-state index in [2.05, 4.69) is 27.6 Å². The molecule has 19 heavy (non-hydrogen) atoms. The molecule has 0 spiro atoms. The van der Waals surface area contributed by atoms with Crippen molar-refractivity contribution in [1.82, 2.24) is 16.2 Å². The molecule has 1 aliphatic rings. The van der Waals surface area contributed by atoms with Gasteiger partial charge in [-0.05, 0) is 25.5 Å². The summed E-state index contributed by atoms with van der Waals surface area (Å²) in [6.07, 6.45) is 2.75. The maximum absolute atomic E-state index is 11.7. The van der Waals surface area contributed by atoms with Gasteiger partial charge in [0.2, 0.25) is 0 Å². The zero-order valence-corrected chi connectivity index (χ0v) is 11.2. The van der Waals surface area contributed by atoms with E-state index in [0.717, 1.165) is 11.4 Å². The molecular weight excluding hydrogens is 240 g/mol. The molecular formula is C14H20N4O. The number of hydrazine groups is 1. The van der Waals surface area contributed by atoms with Gasteiger partial charge < -0.3 is 5.32 Å². The van der Waals surface area contributed by atoms with Crippen molar-refractivity contribution in [3.63, 3.8) is 0 Å². The maximum atomic E-state index is 11.7. The van der Waals surface area contributed by atoms with Crippen molar-refractivity contribution in [2.45, 2.75) is 25.4 Å². The fourth-order valence-corrected chi connectivity index (χ4v) is 2.12. The summed E-state index contributed by atoms with van der Waals surface area (Å²) < 4.78 is 0. The predicted octanol–water partition coefficient (Wildman–Crippen LogP) is 0.983. The quantitative estimate of drug-likeness (QED) is 0.609. The van der Waals surface area contributed by atoms with Gasteiger partial charge in [0.25, 0.3) is 5.91 Å². The van der Waals surface area contributed by atoms with Crippen LogP contribution in [0.2, 0.25) is 0 Å². The van der Waals surface area contributed by atoms with Gasteiger partial charge in [0, 0.05) is 24.5 Å². The lowest BCUT2D eigenvalue weighted by molar-refractivity contribution is -0.124. The molecule has 102 valence electrons. The van der Waals surface area contributed by atoms with Crippen LogP contribution in [-0.2, 0) is 4.79 Å². The third kappa shape index (κ3) is 3.56. The lowest BCUT2D eigenvalue weighted by Gasteiger charge is -2.29. The molecule has 1 amide bonds. The molecule has 5 heteroatoms. The molecule has 0 saturated heterocycles.